The molecule has 0 saturated heterocycles. The first-order valence-corrected chi connectivity index (χ1v) is 8.52. The Labute approximate surface area is 143 Å². The van der Waals surface area contributed by atoms with Gasteiger partial charge in [0.1, 0.15) is 22.8 Å². The lowest BCUT2D eigenvalue weighted by atomic mass is 10.2. The van der Waals surface area contributed by atoms with Gasteiger partial charge in [0.05, 0.1) is 30.5 Å². The monoisotopic (exact) mass is 346 g/mol. The van der Waals surface area contributed by atoms with E-state index in [9.17, 15) is 4.79 Å². The molecular formula is C17H18N2O4S. The zero-order valence-corrected chi connectivity index (χ0v) is 14.5. The van der Waals surface area contributed by atoms with Gasteiger partial charge in [-0.3, -0.25) is 0 Å². The van der Waals surface area contributed by atoms with E-state index >= 15 is 0 Å². The summed E-state index contributed by atoms with van der Waals surface area (Å²) in [5.41, 5.74) is 2.26. The second-order valence-electron chi connectivity index (χ2n) is 5.12. The molecule has 7 heteroatoms. The Hall–Kier alpha value is -2.41. The number of aromatic amines is 1. The van der Waals surface area contributed by atoms with Gasteiger partial charge in [0, 0.05) is 6.07 Å². The van der Waals surface area contributed by atoms with E-state index in [4.69, 9.17) is 13.9 Å². The summed E-state index contributed by atoms with van der Waals surface area (Å²) >= 11 is 1.51. The fraction of sp³-hybridized carbons (Fsp3) is 0.294. The summed E-state index contributed by atoms with van der Waals surface area (Å²) in [6.45, 7) is 4.32. The lowest BCUT2D eigenvalue weighted by Crippen LogP contribution is -2.00. The normalized spacial score (nSPS) is 11.0. The number of thioether (sulfide) groups is 1. The maximum Gasteiger partial charge on any atom is 0.341 e. The van der Waals surface area contributed by atoms with Crippen LogP contribution in [0.25, 0.3) is 11.0 Å². The van der Waals surface area contributed by atoms with E-state index in [0.29, 0.717) is 29.4 Å². The van der Waals surface area contributed by atoms with Crippen LogP contribution in [0, 0.1) is 6.92 Å². The molecule has 0 aliphatic heterocycles. The molecule has 0 radical (unpaired) electrons. The third-order valence-corrected chi connectivity index (χ3v) is 4.36. The van der Waals surface area contributed by atoms with Gasteiger partial charge in [0.2, 0.25) is 0 Å². The van der Waals surface area contributed by atoms with Gasteiger partial charge in [0.25, 0.3) is 0 Å². The number of imidazole rings is 1. The number of hydrogen-bond donors (Lipinski definition) is 1. The Balaban J connectivity index is 1.72. The molecule has 2 heterocycles. The van der Waals surface area contributed by atoms with Crippen LogP contribution in [0.15, 0.2) is 33.8 Å². The van der Waals surface area contributed by atoms with Crippen molar-refractivity contribution in [2.24, 2.45) is 0 Å². The Morgan fingerprint density at radius 3 is 2.96 bits per heavy atom. The van der Waals surface area contributed by atoms with Crippen molar-refractivity contribution in [2.45, 2.75) is 24.8 Å². The average Bonchev–Trinajstić information content (AvgIpc) is 3.15. The molecule has 0 spiro atoms. The maximum atomic E-state index is 11.6. The quantitative estimate of drug-likeness (QED) is 0.538. The van der Waals surface area contributed by atoms with Crippen LogP contribution in [0.4, 0.5) is 0 Å². The van der Waals surface area contributed by atoms with E-state index in [1.54, 1.807) is 13.0 Å². The van der Waals surface area contributed by atoms with Crippen molar-refractivity contribution >= 4 is 28.8 Å². The zero-order chi connectivity index (χ0) is 17.1. The van der Waals surface area contributed by atoms with Gasteiger partial charge in [-0.2, -0.15) is 0 Å². The molecular weight excluding hydrogens is 328 g/mol. The number of aryl methyl sites for hydroxylation is 1. The molecule has 0 aliphatic rings. The van der Waals surface area contributed by atoms with Crippen molar-refractivity contribution in [3.05, 3.63) is 41.3 Å². The van der Waals surface area contributed by atoms with E-state index in [0.717, 1.165) is 21.9 Å². The Morgan fingerprint density at radius 1 is 1.38 bits per heavy atom. The summed E-state index contributed by atoms with van der Waals surface area (Å²) in [6.07, 6.45) is 0. The second-order valence-corrected chi connectivity index (χ2v) is 6.08. The number of nitrogens with zero attached hydrogens (tertiary/aromatic N) is 1. The standard InChI is InChI=1S/C17H18N2O4S/c1-4-22-11-5-6-14-15(8-11)19-17(18-14)24-9-12-7-13(10(2)23-12)16(20)21-3/h5-8H,4,9H2,1-3H3,(H,18,19). The molecule has 0 fully saturated rings. The molecule has 3 rings (SSSR count). The molecule has 1 aromatic carbocycles. The van der Waals surface area contributed by atoms with Crippen molar-refractivity contribution in [3.63, 3.8) is 0 Å². The molecule has 0 unspecified atom stereocenters. The summed E-state index contributed by atoms with van der Waals surface area (Å²) in [5.74, 6) is 2.25. The van der Waals surface area contributed by atoms with Crippen molar-refractivity contribution in [1.82, 2.24) is 9.97 Å². The number of H-pyrrole nitrogens is 1. The van der Waals surface area contributed by atoms with Crippen molar-refractivity contribution in [2.75, 3.05) is 13.7 Å². The fourth-order valence-corrected chi connectivity index (χ4v) is 3.12. The maximum absolute atomic E-state index is 11.6. The predicted octanol–water partition coefficient (Wildman–Crippen LogP) is 3.94. The molecule has 2 aromatic heterocycles. The highest BCUT2D eigenvalue weighted by Crippen LogP contribution is 2.27. The predicted molar refractivity (Wildman–Crippen MR) is 91.6 cm³/mol. The second kappa shape index (κ2) is 7.00. The number of hydrogen-bond acceptors (Lipinski definition) is 6. The largest absolute Gasteiger partial charge is 0.494 e. The van der Waals surface area contributed by atoms with Crippen LogP contribution >= 0.6 is 11.8 Å². The van der Waals surface area contributed by atoms with Crippen molar-refractivity contribution in [1.29, 1.82) is 0 Å². The highest BCUT2D eigenvalue weighted by Gasteiger charge is 2.16. The Kier molecular flexibility index (Phi) is 4.80. The van der Waals surface area contributed by atoms with Crippen molar-refractivity contribution < 1.29 is 18.7 Å². The number of furan rings is 1. The molecule has 0 amide bonds. The van der Waals surface area contributed by atoms with Crippen LogP contribution in [0.1, 0.15) is 28.8 Å². The van der Waals surface area contributed by atoms with Crippen LogP contribution < -0.4 is 4.74 Å². The minimum absolute atomic E-state index is 0.389. The van der Waals surface area contributed by atoms with Crippen LogP contribution in [-0.2, 0) is 10.5 Å². The van der Waals surface area contributed by atoms with Crippen molar-refractivity contribution in [3.8, 4) is 5.75 Å². The molecule has 0 atom stereocenters. The first-order chi connectivity index (χ1) is 11.6. The lowest BCUT2D eigenvalue weighted by molar-refractivity contribution is 0.0599. The number of fused-ring (bicyclic) bond motifs is 1. The average molecular weight is 346 g/mol. The molecule has 3 aromatic rings. The minimum atomic E-state index is -0.389. The van der Waals surface area contributed by atoms with Gasteiger partial charge < -0.3 is 18.9 Å². The fourth-order valence-electron chi connectivity index (χ4n) is 2.36. The SMILES string of the molecule is CCOc1ccc2nc(SCc3cc(C(=O)OC)c(C)o3)[nH]c2c1. The number of methoxy groups -OCH3 is 1. The number of benzene rings is 1. The summed E-state index contributed by atoms with van der Waals surface area (Å²) < 4.78 is 15.8. The summed E-state index contributed by atoms with van der Waals surface area (Å²) in [4.78, 5) is 19.4. The van der Waals surface area contributed by atoms with E-state index in [1.807, 2.05) is 25.1 Å². The lowest BCUT2D eigenvalue weighted by Gasteiger charge is -2.00. The third kappa shape index (κ3) is 3.41. The van der Waals surface area contributed by atoms with Gasteiger partial charge in [-0.1, -0.05) is 11.8 Å². The smallest absolute Gasteiger partial charge is 0.341 e. The summed E-state index contributed by atoms with van der Waals surface area (Å²) in [5, 5.41) is 0.785. The molecule has 0 aliphatic carbocycles. The number of carbonyl (C=O) groups is 1. The molecule has 0 saturated carbocycles. The summed E-state index contributed by atoms with van der Waals surface area (Å²) in [6, 6.07) is 7.47. The van der Waals surface area contributed by atoms with Crippen LogP contribution in [0.3, 0.4) is 0 Å². The number of rotatable bonds is 6. The van der Waals surface area contributed by atoms with Gasteiger partial charge >= 0.3 is 5.97 Å². The molecule has 0 bridgehead atoms. The van der Waals surface area contributed by atoms with E-state index in [1.165, 1.54) is 18.9 Å². The van der Waals surface area contributed by atoms with Gasteiger partial charge in [-0.05, 0) is 32.0 Å². The molecule has 126 valence electrons. The molecule has 6 nitrogen and oxygen atoms in total. The number of carbonyl (C=O) groups excluding carboxylic acids is 1. The highest BCUT2D eigenvalue weighted by atomic mass is 32.2. The third-order valence-electron chi connectivity index (χ3n) is 3.47. The number of esters is 1. The summed E-state index contributed by atoms with van der Waals surface area (Å²) in [7, 11) is 1.36. The van der Waals surface area contributed by atoms with Crippen LogP contribution in [0.2, 0.25) is 0 Å². The first kappa shape index (κ1) is 16.4. The molecule has 24 heavy (non-hydrogen) atoms. The van der Waals surface area contributed by atoms with Crippen LogP contribution in [0.5, 0.6) is 5.75 Å². The van der Waals surface area contributed by atoms with E-state index in [2.05, 4.69) is 9.97 Å². The van der Waals surface area contributed by atoms with Crippen LogP contribution in [-0.4, -0.2) is 29.7 Å². The van der Waals surface area contributed by atoms with Gasteiger partial charge in [-0.25, -0.2) is 9.78 Å². The molecule has 1 N–H and O–H groups in total. The van der Waals surface area contributed by atoms with E-state index in [-0.39, 0.29) is 5.97 Å². The topological polar surface area (TPSA) is 77.3 Å². The Bertz CT molecular complexity index is 869. The number of aromatic nitrogens is 2. The number of nitrogens with one attached hydrogen (secondary N) is 1. The number of ether oxygens (including phenoxy) is 2. The van der Waals surface area contributed by atoms with E-state index < -0.39 is 0 Å². The highest BCUT2D eigenvalue weighted by molar-refractivity contribution is 7.98. The zero-order valence-electron chi connectivity index (χ0n) is 13.7. The Morgan fingerprint density at radius 2 is 2.21 bits per heavy atom. The first-order valence-electron chi connectivity index (χ1n) is 7.53. The minimum Gasteiger partial charge on any atom is -0.494 e. The van der Waals surface area contributed by atoms with Gasteiger partial charge in [-0.15, -0.1) is 0 Å². The van der Waals surface area contributed by atoms with Gasteiger partial charge in [0.15, 0.2) is 5.16 Å².